The highest BCUT2D eigenvalue weighted by Crippen LogP contribution is 2.21. The molecule has 0 unspecified atom stereocenters. The monoisotopic (exact) mass is 349 g/mol. The molecular weight excluding hydrogens is 335 g/mol. The number of ether oxygens (including phenoxy) is 1. The van der Waals surface area contributed by atoms with Crippen molar-refractivity contribution in [1.82, 2.24) is 9.78 Å². The lowest BCUT2D eigenvalue weighted by Crippen LogP contribution is -2.20. The van der Waals surface area contributed by atoms with Gasteiger partial charge in [0.15, 0.2) is 6.61 Å². The van der Waals surface area contributed by atoms with Gasteiger partial charge in [0.05, 0.1) is 11.9 Å². The summed E-state index contributed by atoms with van der Waals surface area (Å²) < 4.78 is 42.9. The Morgan fingerprint density at radius 3 is 2.68 bits per heavy atom. The van der Waals surface area contributed by atoms with E-state index in [0.717, 1.165) is 23.2 Å². The van der Waals surface area contributed by atoms with Crippen LogP contribution >= 0.6 is 0 Å². The Hall–Kier alpha value is -3.03. The van der Waals surface area contributed by atoms with Crippen molar-refractivity contribution in [2.45, 2.75) is 12.7 Å². The third-order valence-electron chi connectivity index (χ3n) is 3.35. The van der Waals surface area contributed by atoms with Crippen molar-refractivity contribution in [1.29, 1.82) is 0 Å². The first-order valence-electron chi connectivity index (χ1n) is 7.40. The van der Waals surface area contributed by atoms with Gasteiger partial charge in [-0.05, 0) is 22.9 Å². The van der Waals surface area contributed by atoms with E-state index in [1.54, 1.807) is 6.07 Å². The van der Waals surface area contributed by atoms with E-state index >= 15 is 0 Å². The number of anilines is 1. The maximum absolute atomic E-state index is 12.3. The summed E-state index contributed by atoms with van der Waals surface area (Å²) in [4.78, 5) is 11.8. The zero-order chi connectivity index (χ0) is 17.9. The van der Waals surface area contributed by atoms with Gasteiger partial charge in [0.2, 0.25) is 0 Å². The number of hydrogen-bond acceptors (Lipinski definition) is 3. The molecule has 5 nitrogen and oxygen atoms in total. The molecule has 8 heteroatoms. The fraction of sp³-hybridized carbons (Fsp3) is 0.176. The highest BCUT2D eigenvalue weighted by Gasteiger charge is 2.28. The van der Waals surface area contributed by atoms with Gasteiger partial charge in [-0.2, -0.15) is 18.3 Å². The average molecular weight is 349 g/mol. The minimum absolute atomic E-state index is 0.177. The summed E-state index contributed by atoms with van der Waals surface area (Å²) in [6, 6.07) is 13.2. The molecule has 0 saturated heterocycles. The SMILES string of the molecule is O=C(COc1ccc2ccccc2c1)Nc1cnn(CC(F)(F)F)c1. The lowest BCUT2D eigenvalue weighted by atomic mass is 10.1. The number of carbonyl (C=O) groups excluding carboxylic acids is 1. The van der Waals surface area contributed by atoms with Crippen LogP contribution in [-0.2, 0) is 11.3 Å². The second kappa shape index (κ2) is 6.84. The number of nitrogens with zero attached hydrogens (tertiary/aromatic N) is 2. The smallest absolute Gasteiger partial charge is 0.408 e. The molecule has 3 rings (SSSR count). The molecule has 0 saturated carbocycles. The Morgan fingerprint density at radius 1 is 1.16 bits per heavy atom. The maximum atomic E-state index is 12.3. The van der Waals surface area contributed by atoms with E-state index in [4.69, 9.17) is 4.74 Å². The number of amides is 1. The zero-order valence-electron chi connectivity index (χ0n) is 13.0. The fourth-order valence-corrected chi connectivity index (χ4v) is 2.30. The van der Waals surface area contributed by atoms with E-state index in [1.807, 2.05) is 36.4 Å². The lowest BCUT2D eigenvalue weighted by molar-refractivity contribution is -0.142. The summed E-state index contributed by atoms with van der Waals surface area (Å²) in [5, 5.41) is 8.02. The average Bonchev–Trinajstić information content (AvgIpc) is 2.97. The summed E-state index contributed by atoms with van der Waals surface area (Å²) in [6.45, 7) is -1.47. The molecule has 0 aliphatic rings. The van der Waals surface area contributed by atoms with E-state index in [0.29, 0.717) is 10.4 Å². The van der Waals surface area contributed by atoms with Crippen LogP contribution in [0.15, 0.2) is 54.9 Å². The Kier molecular flexibility index (Phi) is 4.60. The van der Waals surface area contributed by atoms with Gasteiger partial charge in [0.25, 0.3) is 5.91 Å². The number of alkyl halides is 3. The molecular formula is C17H14F3N3O2. The Morgan fingerprint density at radius 2 is 1.92 bits per heavy atom. The van der Waals surface area contributed by atoms with Crippen LogP contribution in [0, 0.1) is 0 Å². The quantitative estimate of drug-likeness (QED) is 0.765. The predicted octanol–water partition coefficient (Wildman–Crippen LogP) is 3.62. The molecule has 1 N–H and O–H groups in total. The van der Waals surface area contributed by atoms with Crippen molar-refractivity contribution in [2.75, 3.05) is 11.9 Å². The molecule has 0 radical (unpaired) electrons. The molecule has 1 amide bonds. The molecule has 0 spiro atoms. The highest BCUT2D eigenvalue weighted by atomic mass is 19.4. The number of rotatable bonds is 5. The zero-order valence-corrected chi connectivity index (χ0v) is 13.0. The summed E-state index contributed by atoms with van der Waals surface area (Å²) in [7, 11) is 0. The first kappa shape index (κ1) is 16.8. The van der Waals surface area contributed by atoms with Gasteiger partial charge in [-0.15, -0.1) is 0 Å². The predicted molar refractivity (Wildman–Crippen MR) is 86.4 cm³/mol. The van der Waals surface area contributed by atoms with Crippen LogP contribution in [0.5, 0.6) is 5.75 Å². The molecule has 0 fully saturated rings. The van der Waals surface area contributed by atoms with E-state index in [-0.39, 0.29) is 12.3 Å². The van der Waals surface area contributed by atoms with Crippen molar-refractivity contribution in [2.24, 2.45) is 0 Å². The van der Waals surface area contributed by atoms with Crippen molar-refractivity contribution in [3.05, 3.63) is 54.9 Å². The van der Waals surface area contributed by atoms with Gasteiger partial charge in [0, 0.05) is 6.20 Å². The maximum Gasteiger partial charge on any atom is 0.408 e. The second-order valence-corrected chi connectivity index (χ2v) is 5.39. The van der Waals surface area contributed by atoms with Gasteiger partial charge in [-0.3, -0.25) is 9.48 Å². The number of nitrogens with one attached hydrogen (secondary N) is 1. The van der Waals surface area contributed by atoms with Gasteiger partial charge in [0.1, 0.15) is 12.3 Å². The lowest BCUT2D eigenvalue weighted by Gasteiger charge is -2.07. The number of hydrogen-bond donors (Lipinski definition) is 1. The Bertz CT molecular complexity index is 890. The largest absolute Gasteiger partial charge is 0.484 e. The fourth-order valence-electron chi connectivity index (χ4n) is 2.30. The molecule has 0 atom stereocenters. The van der Waals surface area contributed by atoms with Crippen molar-refractivity contribution < 1.29 is 22.7 Å². The van der Waals surface area contributed by atoms with E-state index in [2.05, 4.69) is 10.4 Å². The molecule has 0 bridgehead atoms. The molecule has 3 aromatic rings. The highest BCUT2D eigenvalue weighted by molar-refractivity contribution is 5.91. The van der Waals surface area contributed by atoms with Crippen LogP contribution < -0.4 is 10.1 Å². The van der Waals surface area contributed by atoms with Gasteiger partial charge < -0.3 is 10.1 Å². The van der Waals surface area contributed by atoms with Crippen LogP contribution in [0.3, 0.4) is 0 Å². The number of fused-ring (bicyclic) bond motifs is 1. The first-order chi connectivity index (χ1) is 11.9. The molecule has 1 heterocycles. The topological polar surface area (TPSA) is 56.1 Å². The molecule has 1 aromatic heterocycles. The summed E-state index contributed by atoms with van der Waals surface area (Å²) in [5.41, 5.74) is 0.177. The number of carbonyl (C=O) groups is 1. The molecule has 130 valence electrons. The standard InChI is InChI=1S/C17H14F3N3O2/c18-17(19,20)11-23-9-14(8-21-23)22-16(24)10-25-15-6-5-12-3-1-2-4-13(12)7-15/h1-9H,10-11H2,(H,22,24). The number of benzene rings is 2. The molecule has 2 aromatic carbocycles. The summed E-state index contributed by atoms with van der Waals surface area (Å²) in [5.74, 6) is 0.0429. The van der Waals surface area contributed by atoms with E-state index in [9.17, 15) is 18.0 Å². The second-order valence-electron chi connectivity index (χ2n) is 5.39. The molecule has 25 heavy (non-hydrogen) atoms. The Labute approximate surface area is 141 Å². The number of aromatic nitrogens is 2. The van der Waals surface area contributed by atoms with Crippen LogP contribution in [0.1, 0.15) is 0 Å². The minimum Gasteiger partial charge on any atom is -0.484 e. The minimum atomic E-state index is -4.37. The van der Waals surface area contributed by atoms with Gasteiger partial charge in [-0.1, -0.05) is 30.3 Å². The van der Waals surface area contributed by atoms with Crippen molar-refractivity contribution >= 4 is 22.4 Å². The van der Waals surface area contributed by atoms with Crippen LogP contribution in [-0.4, -0.2) is 28.5 Å². The summed E-state index contributed by atoms with van der Waals surface area (Å²) in [6.07, 6.45) is -2.10. The van der Waals surface area contributed by atoms with Crippen LogP contribution in [0.25, 0.3) is 10.8 Å². The van der Waals surface area contributed by atoms with E-state index < -0.39 is 18.6 Å². The summed E-state index contributed by atoms with van der Waals surface area (Å²) >= 11 is 0. The third-order valence-corrected chi connectivity index (χ3v) is 3.35. The molecule has 0 aliphatic carbocycles. The van der Waals surface area contributed by atoms with Crippen LogP contribution in [0.2, 0.25) is 0 Å². The molecule has 0 aliphatic heterocycles. The van der Waals surface area contributed by atoms with Gasteiger partial charge in [-0.25, -0.2) is 0 Å². The first-order valence-corrected chi connectivity index (χ1v) is 7.40. The van der Waals surface area contributed by atoms with Gasteiger partial charge >= 0.3 is 6.18 Å². The van der Waals surface area contributed by atoms with Crippen molar-refractivity contribution in [3.8, 4) is 5.75 Å². The Balaban J connectivity index is 1.55. The number of halogens is 3. The third kappa shape index (κ3) is 4.72. The van der Waals surface area contributed by atoms with Crippen molar-refractivity contribution in [3.63, 3.8) is 0 Å². The van der Waals surface area contributed by atoms with Crippen LogP contribution in [0.4, 0.5) is 18.9 Å². The van der Waals surface area contributed by atoms with E-state index in [1.165, 1.54) is 0 Å². The normalized spacial score (nSPS) is 11.5.